The topological polar surface area (TPSA) is 92.0 Å². The molecule has 0 bridgehead atoms. The Hall–Kier alpha value is -1.52. The number of hydrogen-bond acceptors (Lipinski definition) is 5. The summed E-state index contributed by atoms with van der Waals surface area (Å²) in [6.07, 6.45) is 0.565. The van der Waals surface area contributed by atoms with Gasteiger partial charge in [-0.2, -0.15) is 0 Å². The van der Waals surface area contributed by atoms with Crippen LogP contribution in [0.3, 0.4) is 0 Å². The molecule has 1 amide bonds. The number of likely N-dealkylation sites (tertiary alicyclic amines) is 1. The van der Waals surface area contributed by atoms with Crippen molar-refractivity contribution < 1.29 is 14.1 Å². The SMILES string of the molecule is CCNC(=NCc1cc(CC)no1)NC1CN(C(=O)OC(C)(C)C)C1.I. The molecule has 0 spiro atoms. The van der Waals surface area contributed by atoms with Crippen molar-refractivity contribution in [3.63, 3.8) is 0 Å². The maximum absolute atomic E-state index is 12.0. The van der Waals surface area contributed by atoms with Gasteiger partial charge in [0.1, 0.15) is 12.1 Å². The minimum atomic E-state index is -0.472. The van der Waals surface area contributed by atoms with Crippen LogP contribution in [0.25, 0.3) is 0 Å². The van der Waals surface area contributed by atoms with Crippen molar-refractivity contribution in [2.24, 2.45) is 4.99 Å². The number of carbonyl (C=O) groups is 1. The minimum absolute atomic E-state index is 0. The molecule has 1 fully saturated rings. The number of amides is 1. The van der Waals surface area contributed by atoms with Gasteiger partial charge in [0, 0.05) is 25.7 Å². The Morgan fingerprint density at radius 2 is 2.12 bits per heavy atom. The molecule has 0 saturated carbocycles. The summed E-state index contributed by atoms with van der Waals surface area (Å²) in [6, 6.07) is 2.08. The fourth-order valence-electron chi connectivity index (χ4n) is 2.31. The van der Waals surface area contributed by atoms with Crippen LogP contribution < -0.4 is 10.6 Å². The van der Waals surface area contributed by atoms with E-state index in [0.717, 1.165) is 24.4 Å². The first-order chi connectivity index (χ1) is 11.8. The second-order valence-corrected chi connectivity index (χ2v) is 7.06. The molecule has 1 saturated heterocycles. The Balaban J connectivity index is 0.00000338. The molecule has 26 heavy (non-hydrogen) atoms. The van der Waals surface area contributed by atoms with Crippen molar-refractivity contribution >= 4 is 36.0 Å². The predicted octanol–water partition coefficient (Wildman–Crippen LogP) is 2.53. The van der Waals surface area contributed by atoms with Crippen LogP contribution in [0.5, 0.6) is 0 Å². The van der Waals surface area contributed by atoms with E-state index in [1.165, 1.54) is 0 Å². The van der Waals surface area contributed by atoms with Crippen molar-refractivity contribution in [1.82, 2.24) is 20.7 Å². The number of guanidine groups is 1. The second kappa shape index (κ2) is 9.98. The first kappa shape index (κ1) is 22.5. The fraction of sp³-hybridized carbons (Fsp3) is 0.706. The highest BCUT2D eigenvalue weighted by molar-refractivity contribution is 14.0. The lowest BCUT2D eigenvalue weighted by molar-refractivity contribution is 0.00701. The Labute approximate surface area is 172 Å². The van der Waals surface area contributed by atoms with E-state index < -0.39 is 5.60 Å². The number of aryl methyl sites for hydroxylation is 1. The van der Waals surface area contributed by atoms with Crippen molar-refractivity contribution in [3.8, 4) is 0 Å². The van der Waals surface area contributed by atoms with E-state index in [1.807, 2.05) is 40.7 Å². The molecule has 0 radical (unpaired) electrons. The van der Waals surface area contributed by atoms with Crippen LogP contribution in [0.4, 0.5) is 4.79 Å². The van der Waals surface area contributed by atoms with E-state index in [-0.39, 0.29) is 36.1 Å². The van der Waals surface area contributed by atoms with Gasteiger partial charge >= 0.3 is 6.09 Å². The third-order valence-corrected chi connectivity index (χ3v) is 3.58. The van der Waals surface area contributed by atoms with Crippen molar-refractivity contribution in [2.75, 3.05) is 19.6 Å². The first-order valence-corrected chi connectivity index (χ1v) is 8.78. The number of aromatic nitrogens is 1. The molecule has 2 rings (SSSR count). The van der Waals surface area contributed by atoms with Gasteiger partial charge in [0.05, 0.1) is 11.7 Å². The quantitative estimate of drug-likeness (QED) is 0.383. The van der Waals surface area contributed by atoms with E-state index in [9.17, 15) is 4.79 Å². The van der Waals surface area contributed by atoms with Gasteiger partial charge in [0.25, 0.3) is 0 Å². The summed E-state index contributed by atoms with van der Waals surface area (Å²) >= 11 is 0. The second-order valence-electron chi connectivity index (χ2n) is 7.06. The van der Waals surface area contributed by atoms with Gasteiger partial charge in [-0.25, -0.2) is 9.79 Å². The average Bonchev–Trinajstić information content (AvgIpc) is 2.93. The molecular weight excluding hydrogens is 449 g/mol. The first-order valence-electron chi connectivity index (χ1n) is 8.78. The third kappa shape index (κ3) is 7.00. The van der Waals surface area contributed by atoms with Gasteiger partial charge in [-0.15, -0.1) is 24.0 Å². The van der Waals surface area contributed by atoms with Crippen molar-refractivity contribution in [1.29, 1.82) is 0 Å². The zero-order chi connectivity index (χ0) is 18.4. The number of aliphatic imine (C=N–C) groups is 1. The smallest absolute Gasteiger partial charge is 0.410 e. The summed E-state index contributed by atoms with van der Waals surface area (Å²) in [5, 5.41) is 10.5. The Bertz CT molecular complexity index is 606. The number of halogens is 1. The molecule has 2 heterocycles. The van der Waals surface area contributed by atoms with E-state index in [0.29, 0.717) is 25.6 Å². The molecule has 1 aliphatic heterocycles. The number of ether oxygens (including phenoxy) is 1. The zero-order valence-corrected chi connectivity index (χ0v) is 18.5. The number of nitrogens with one attached hydrogen (secondary N) is 2. The molecule has 1 aromatic rings. The molecule has 0 aliphatic carbocycles. The van der Waals surface area contributed by atoms with Gasteiger partial charge in [0.15, 0.2) is 11.7 Å². The Kier molecular flexibility index (Phi) is 8.65. The molecule has 0 aromatic carbocycles. The predicted molar refractivity (Wildman–Crippen MR) is 111 cm³/mol. The van der Waals surface area contributed by atoms with Crippen molar-refractivity contribution in [2.45, 2.75) is 59.2 Å². The summed E-state index contributed by atoms with van der Waals surface area (Å²) in [5.41, 5.74) is 0.454. The Morgan fingerprint density at radius 3 is 2.65 bits per heavy atom. The highest BCUT2D eigenvalue weighted by Gasteiger charge is 2.34. The number of nitrogens with zero attached hydrogens (tertiary/aromatic N) is 3. The molecule has 1 aliphatic rings. The number of carbonyl (C=O) groups excluding carboxylic acids is 1. The highest BCUT2D eigenvalue weighted by atomic mass is 127. The Morgan fingerprint density at radius 1 is 1.42 bits per heavy atom. The molecule has 0 atom stereocenters. The van der Waals surface area contributed by atoms with Gasteiger partial charge in [-0.3, -0.25) is 0 Å². The lowest BCUT2D eigenvalue weighted by atomic mass is 10.1. The van der Waals surface area contributed by atoms with Gasteiger partial charge in [-0.05, 0) is 34.1 Å². The average molecular weight is 479 g/mol. The summed E-state index contributed by atoms with van der Waals surface area (Å²) < 4.78 is 10.6. The zero-order valence-electron chi connectivity index (χ0n) is 16.2. The van der Waals surface area contributed by atoms with Crippen LogP contribution in [0.2, 0.25) is 0 Å². The van der Waals surface area contributed by atoms with Crippen LogP contribution in [0.15, 0.2) is 15.6 Å². The summed E-state index contributed by atoms with van der Waals surface area (Å²) in [7, 11) is 0. The van der Waals surface area contributed by atoms with Gasteiger partial charge in [0.2, 0.25) is 0 Å². The molecule has 0 unspecified atom stereocenters. The van der Waals surface area contributed by atoms with Gasteiger partial charge < -0.3 is 24.8 Å². The molecule has 1 aromatic heterocycles. The number of hydrogen-bond donors (Lipinski definition) is 2. The molecule has 2 N–H and O–H groups in total. The lowest BCUT2D eigenvalue weighted by Crippen LogP contribution is -2.63. The van der Waals surface area contributed by atoms with Crippen LogP contribution in [-0.2, 0) is 17.7 Å². The minimum Gasteiger partial charge on any atom is -0.444 e. The lowest BCUT2D eigenvalue weighted by Gasteiger charge is -2.40. The highest BCUT2D eigenvalue weighted by Crippen LogP contribution is 2.15. The largest absolute Gasteiger partial charge is 0.444 e. The van der Waals surface area contributed by atoms with Crippen molar-refractivity contribution in [3.05, 3.63) is 17.5 Å². The van der Waals surface area contributed by atoms with E-state index >= 15 is 0 Å². The molecule has 8 nitrogen and oxygen atoms in total. The summed E-state index contributed by atoms with van der Waals surface area (Å²) in [4.78, 5) is 18.1. The molecule has 9 heteroatoms. The fourth-order valence-corrected chi connectivity index (χ4v) is 2.31. The normalized spacial score (nSPS) is 15.1. The van der Waals surface area contributed by atoms with Crippen LogP contribution in [0.1, 0.15) is 46.1 Å². The van der Waals surface area contributed by atoms with E-state index in [2.05, 4.69) is 20.8 Å². The van der Waals surface area contributed by atoms with E-state index in [1.54, 1.807) is 4.90 Å². The maximum Gasteiger partial charge on any atom is 0.410 e. The molecular formula is C17H30IN5O3. The number of rotatable bonds is 5. The van der Waals surface area contributed by atoms with Crippen LogP contribution in [0, 0.1) is 0 Å². The van der Waals surface area contributed by atoms with Crippen LogP contribution >= 0.6 is 24.0 Å². The third-order valence-electron chi connectivity index (χ3n) is 3.58. The maximum atomic E-state index is 12.0. The standard InChI is InChI=1S/C17H29N5O3.HI/c1-6-12-8-14(25-21-12)9-19-15(18-7-2)20-13-10-22(11-13)16(23)24-17(3,4)5;/h8,13H,6-7,9-11H2,1-5H3,(H2,18,19,20);1H. The molecule has 148 valence electrons. The van der Waals surface area contributed by atoms with Gasteiger partial charge in [-0.1, -0.05) is 12.1 Å². The summed E-state index contributed by atoms with van der Waals surface area (Å²) in [5.74, 6) is 1.43. The summed E-state index contributed by atoms with van der Waals surface area (Å²) in [6.45, 7) is 12.0. The van der Waals surface area contributed by atoms with Crippen LogP contribution in [-0.4, -0.2) is 53.4 Å². The monoisotopic (exact) mass is 479 g/mol. The van der Waals surface area contributed by atoms with E-state index in [4.69, 9.17) is 9.26 Å².